The molecule has 0 heterocycles. The van der Waals surface area contributed by atoms with Crippen molar-refractivity contribution in [2.75, 3.05) is 0 Å². The van der Waals surface area contributed by atoms with Crippen LogP contribution in [0.2, 0.25) is 0 Å². The molecule has 0 saturated heterocycles. The lowest BCUT2D eigenvalue weighted by atomic mass is 9.90. The molecular weight excluding hydrogens is 192 g/mol. The van der Waals surface area contributed by atoms with Crippen LogP contribution >= 0.6 is 0 Å². The van der Waals surface area contributed by atoms with E-state index in [0.29, 0.717) is 0 Å². The van der Waals surface area contributed by atoms with Crippen molar-refractivity contribution in [2.45, 2.75) is 90.9 Å². The first-order chi connectivity index (χ1) is 7.85. The summed E-state index contributed by atoms with van der Waals surface area (Å²) in [5.41, 5.74) is 0. The Morgan fingerprint density at radius 1 is 0.688 bits per heavy atom. The molecule has 0 nitrogen and oxygen atoms in total. The zero-order valence-electron chi connectivity index (χ0n) is 11.8. The summed E-state index contributed by atoms with van der Waals surface area (Å²) in [6, 6.07) is 0. The lowest BCUT2D eigenvalue weighted by Gasteiger charge is -2.16. The van der Waals surface area contributed by atoms with Crippen molar-refractivity contribution in [1.82, 2.24) is 0 Å². The second-order valence-corrected chi connectivity index (χ2v) is 5.21. The van der Waals surface area contributed by atoms with Crippen LogP contribution in [0.25, 0.3) is 0 Å². The zero-order valence-corrected chi connectivity index (χ0v) is 11.8. The maximum absolute atomic E-state index is 3.90. The van der Waals surface area contributed by atoms with Gasteiger partial charge in [0, 0.05) is 0 Å². The van der Waals surface area contributed by atoms with Gasteiger partial charge in [0.15, 0.2) is 0 Å². The molecule has 0 heteroatoms. The highest BCUT2D eigenvalue weighted by Gasteiger charge is 2.07. The van der Waals surface area contributed by atoms with E-state index in [1.54, 1.807) is 0 Å². The Balaban J connectivity index is 3.48. The van der Waals surface area contributed by atoms with E-state index in [0.717, 1.165) is 12.3 Å². The summed E-state index contributed by atoms with van der Waals surface area (Å²) >= 11 is 0. The predicted molar refractivity (Wildman–Crippen MR) is 75.6 cm³/mol. The molecule has 0 N–H and O–H groups in total. The summed E-state index contributed by atoms with van der Waals surface area (Å²) in [5, 5.41) is 0. The van der Waals surface area contributed by atoms with Gasteiger partial charge in [-0.1, -0.05) is 97.8 Å². The van der Waals surface area contributed by atoms with Gasteiger partial charge in [0.05, 0.1) is 0 Å². The van der Waals surface area contributed by atoms with Crippen molar-refractivity contribution in [3.05, 3.63) is 6.92 Å². The molecule has 0 amide bonds. The summed E-state index contributed by atoms with van der Waals surface area (Å²) in [4.78, 5) is 0. The molecule has 0 bridgehead atoms. The molecule has 0 aliphatic carbocycles. The first-order valence-electron chi connectivity index (χ1n) is 7.64. The molecule has 16 heavy (non-hydrogen) atoms. The van der Waals surface area contributed by atoms with Crippen molar-refractivity contribution < 1.29 is 0 Å². The third-order valence-corrected chi connectivity index (χ3v) is 3.54. The van der Waals surface area contributed by atoms with Crippen molar-refractivity contribution in [2.24, 2.45) is 5.92 Å². The Bertz CT molecular complexity index is 109. The summed E-state index contributed by atoms with van der Waals surface area (Å²) in [7, 11) is 0. The molecule has 0 saturated carbocycles. The van der Waals surface area contributed by atoms with Crippen LogP contribution < -0.4 is 0 Å². The number of hydrogen-bond donors (Lipinski definition) is 0. The minimum absolute atomic E-state index is 1.03. The first-order valence-corrected chi connectivity index (χ1v) is 7.64. The fourth-order valence-corrected chi connectivity index (χ4v) is 2.38. The van der Waals surface area contributed by atoms with Crippen LogP contribution in [0.5, 0.6) is 0 Å². The molecule has 0 aliphatic rings. The molecule has 0 fully saturated rings. The molecule has 0 aromatic heterocycles. The smallest absolute Gasteiger partial charge is 0.0414 e. The molecule has 97 valence electrons. The minimum atomic E-state index is 1.03. The predicted octanol–water partition coefficient (Wildman–Crippen LogP) is 6.16. The molecule has 0 spiro atoms. The van der Waals surface area contributed by atoms with E-state index in [2.05, 4.69) is 20.8 Å². The Morgan fingerprint density at radius 3 is 1.69 bits per heavy atom. The monoisotopic (exact) mass is 225 g/mol. The molecule has 0 aromatic carbocycles. The van der Waals surface area contributed by atoms with E-state index in [1.807, 2.05) is 0 Å². The van der Waals surface area contributed by atoms with Crippen LogP contribution in [0.3, 0.4) is 0 Å². The van der Waals surface area contributed by atoms with Gasteiger partial charge in [-0.3, -0.25) is 0 Å². The van der Waals surface area contributed by atoms with E-state index >= 15 is 0 Å². The van der Waals surface area contributed by atoms with Crippen molar-refractivity contribution in [3.8, 4) is 0 Å². The molecular formula is C16H33. The van der Waals surface area contributed by atoms with Gasteiger partial charge < -0.3 is 0 Å². The van der Waals surface area contributed by atoms with Gasteiger partial charge in [0.2, 0.25) is 0 Å². The third-order valence-electron chi connectivity index (χ3n) is 3.54. The Hall–Kier alpha value is 0. The highest BCUT2D eigenvalue weighted by molar-refractivity contribution is 4.60. The molecule has 0 atom stereocenters. The lowest BCUT2D eigenvalue weighted by Crippen LogP contribution is -2.00. The van der Waals surface area contributed by atoms with Crippen LogP contribution in [0.4, 0.5) is 0 Å². The Labute approximate surface area is 104 Å². The fraction of sp³-hybridized carbons (Fsp3) is 0.938. The second-order valence-electron chi connectivity index (χ2n) is 5.21. The number of hydrogen-bond acceptors (Lipinski definition) is 0. The van der Waals surface area contributed by atoms with Crippen molar-refractivity contribution in [1.29, 1.82) is 0 Å². The van der Waals surface area contributed by atoms with Gasteiger partial charge in [-0.15, -0.1) is 0 Å². The van der Waals surface area contributed by atoms with Crippen molar-refractivity contribution in [3.63, 3.8) is 0 Å². The normalized spacial score (nSPS) is 11.2. The molecule has 0 aliphatic heterocycles. The van der Waals surface area contributed by atoms with E-state index in [-0.39, 0.29) is 0 Å². The highest BCUT2D eigenvalue weighted by atomic mass is 14.1. The number of unbranched alkanes of at least 4 members (excludes halogenated alkanes) is 6. The van der Waals surface area contributed by atoms with Crippen LogP contribution in [-0.4, -0.2) is 0 Å². The van der Waals surface area contributed by atoms with Crippen molar-refractivity contribution >= 4 is 0 Å². The van der Waals surface area contributed by atoms with Gasteiger partial charge in [-0.2, -0.15) is 0 Å². The first kappa shape index (κ1) is 16.0. The molecule has 0 rings (SSSR count). The van der Waals surface area contributed by atoms with Crippen LogP contribution in [0.15, 0.2) is 0 Å². The maximum atomic E-state index is 3.90. The number of rotatable bonds is 12. The summed E-state index contributed by atoms with van der Waals surface area (Å²) in [6.45, 7) is 8.52. The standard InChI is InChI=1S/C16H33/c1-4-7-10-11-12-15-16(13-8-5-2)14-9-6-3/h16H,1,4-15H2,2-3H3. The lowest BCUT2D eigenvalue weighted by molar-refractivity contribution is 0.377. The van der Waals surface area contributed by atoms with Crippen LogP contribution in [0.1, 0.15) is 90.9 Å². The zero-order chi connectivity index (χ0) is 12.1. The van der Waals surface area contributed by atoms with E-state index in [1.165, 1.54) is 70.6 Å². The van der Waals surface area contributed by atoms with Gasteiger partial charge in [-0.25, -0.2) is 0 Å². The minimum Gasteiger partial charge on any atom is -0.0654 e. The maximum Gasteiger partial charge on any atom is -0.0414 e. The highest BCUT2D eigenvalue weighted by Crippen LogP contribution is 2.22. The SMILES string of the molecule is [CH2]CCCCCCC(CCCC)CCCC. The molecule has 1 radical (unpaired) electrons. The Kier molecular flexibility index (Phi) is 13.1. The quantitative estimate of drug-likeness (QED) is 0.349. The van der Waals surface area contributed by atoms with Crippen LogP contribution in [0, 0.1) is 12.8 Å². The molecule has 0 unspecified atom stereocenters. The van der Waals surface area contributed by atoms with E-state index < -0.39 is 0 Å². The van der Waals surface area contributed by atoms with Gasteiger partial charge in [0.1, 0.15) is 0 Å². The summed E-state index contributed by atoms with van der Waals surface area (Å²) in [6.07, 6.45) is 16.8. The van der Waals surface area contributed by atoms with Gasteiger partial charge in [0.25, 0.3) is 0 Å². The van der Waals surface area contributed by atoms with Gasteiger partial charge >= 0.3 is 0 Å². The van der Waals surface area contributed by atoms with E-state index in [9.17, 15) is 0 Å². The topological polar surface area (TPSA) is 0 Å². The third kappa shape index (κ3) is 10.5. The van der Waals surface area contributed by atoms with Gasteiger partial charge in [-0.05, 0) is 5.92 Å². The summed E-state index contributed by atoms with van der Waals surface area (Å²) < 4.78 is 0. The average molecular weight is 225 g/mol. The fourth-order valence-electron chi connectivity index (χ4n) is 2.38. The van der Waals surface area contributed by atoms with Crippen LogP contribution in [-0.2, 0) is 0 Å². The Morgan fingerprint density at radius 2 is 1.19 bits per heavy atom. The average Bonchev–Trinajstić information content (AvgIpc) is 2.31. The second kappa shape index (κ2) is 13.1. The summed E-state index contributed by atoms with van der Waals surface area (Å²) in [5.74, 6) is 1.03. The molecule has 0 aromatic rings. The largest absolute Gasteiger partial charge is 0.0654 e. The van der Waals surface area contributed by atoms with E-state index in [4.69, 9.17) is 0 Å².